The number of hydrogen-bond donors (Lipinski definition) is 2. The van der Waals surface area contributed by atoms with Crippen LogP contribution in [-0.4, -0.2) is 31.8 Å². The van der Waals surface area contributed by atoms with Crippen molar-refractivity contribution in [3.8, 4) is 17.2 Å². The van der Waals surface area contributed by atoms with E-state index in [2.05, 4.69) is 10.6 Å². The number of carbonyl (C=O) groups excluding carboxylic acids is 2. The van der Waals surface area contributed by atoms with Crippen LogP contribution < -0.4 is 24.8 Å². The summed E-state index contributed by atoms with van der Waals surface area (Å²) < 4.78 is 17.0. The van der Waals surface area contributed by atoms with Gasteiger partial charge in [-0.15, -0.1) is 0 Å². The molecule has 6 rings (SSSR count). The molecule has 2 aromatic carbocycles. The number of ether oxygens (including phenoxy) is 3. The molecule has 1 aliphatic heterocycles. The average molecular weight is 437 g/mol. The van der Waals surface area contributed by atoms with Crippen molar-refractivity contribution >= 4 is 11.8 Å². The summed E-state index contributed by atoms with van der Waals surface area (Å²) in [6, 6.07) is 13.0. The third-order valence-electron chi connectivity index (χ3n) is 7.22. The lowest BCUT2D eigenvalue weighted by molar-refractivity contribution is -0.146. The second-order valence-electron chi connectivity index (χ2n) is 8.93. The van der Waals surface area contributed by atoms with Crippen LogP contribution in [0.5, 0.6) is 17.2 Å². The number of amides is 2. The van der Waals surface area contributed by atoms with Gasteiger partial charge < -0.3 is 24.8 Å². The summed E-state index contributed by atoms with van der Waals surface area (Å²) in [4.78, 5) is 25.8. The van der Waals surface area contributed by atoms with Gasteiger partial charge >= 0.3 is 0 Å². The van der Waals surface area contributed by atoms with E-state index in [0.29, 0.717) is 42.2 Å². The maximum Gasteiger partial charge on any atom is 0.258 e. The minimum atomic E-state index is -0.700. The van der Waals surface area contributed by atoms with E-state index in [-0.39, 0.29) is 29.6 Å². The Bertz CT molecular complexity index is 1050. The van der Waals surface area contributed by atoms with Gasteiger partial charge in [0.15, 0.2) is 17.2 Å². The van der Waals surface area contributed by atoms with Crippen molar-refractivity contribution in [2.75, 3.05) is 14.2 Å². The molecule has 4 unspecified atom stereocenters. The van der Waals surface area contributed by atoms with Gasteiger partial charge in [0.1, 0.15) is 5.75 Å². The van der Waals surface area contributed by atoms with Gasteiger partial charge in [-0.2, -0.15) is 0 Å². The Kier molecular flexibility index (Phi) is 5.19. The molecule has 0 radical (unpaired) electrons. The maximum absolute atomic E-state index is 13.1. The van der Waals surface area contributed by atoms with E-state index in [0.717, 1.165) is 18.4 Å². The van der Waals surface area contributed by atoms with Crippen LogP contribution >= 0.6 is 0 Å². The molecule has 168 valence electrons. The van der Waals surface area contributed by atoms with Gasteiger partial charge in [-0.05, 0) is 55.0 Å². The minimum absolute atomic E-state index is 0.0619. The Hall–Kier alpha value is -3.22. The summed E-state index contributed by atoms with van der Waals surface area (Å²) >= 11 is 0. The van der Waals surface area contributed by atoms with Crippen molar-refractivity contribution in [3.05, 3.63) is 53.6 Å². The predicted molar refractivity (Wildman–Crippen MR) is 118 cm³/mol. The number of para-hydroxylation sites is 1. The topological polar surface area (TPSA) is 85.9 Å². The Morgan fingerprint density at radius 3 is 2.72 bits per heavy atom. The molecule has 1 heterocycles. The molecule has 7 nitrogen and oxygen atoms in total. The Morgan fingerprint density at radius 1 is 1.16 bits per heavy atom. The molecule has 7 heteroatoms. The first kappa shape index (κ1) is 20.7. The van der Waals surface area contributed by atoms with E-state index in [9.17, 15) is 9.59 Å². The smallest absolute Gasteiger partial charge is 0.258 e. The van der Waals surface area contributed by atoms with Crippen molar-refractivity contribution < 1.29 is 23.8 Å². The number of rotatable bonds is 5. The molecular weight excluding hydrogens is 408 g/mol. The van der Waals surface area contributed by atoms with Gasteiger partial charge in [-0.3, -0.25) is 9.59 Å². The van der Waals surface area contributed by atoms with Crippen LogP contribution in [0.3, 0.4) is 0 Å². The van der Waals surface area contributed by atoms with E-state index >= 15 is 0 Å². The predicted octanol–water partition coefficient (Wildman–Crippen LogP) is 3.27. The zero-order valence-corrected chi connectivity index (χ0v) is 18.4. The molecule has 32 heavy (non-hydrogen) atoms. The van der Waals surface area contributed by atoms with Crippen LogP contribution in [0.25, 0.3) is 0 Å². The van der Waals surface area contributed by atoms with Gasteiger partial charge in [-0.25, -0.2) is 0 Å². The van der Waals surface area contributed by atoms with Crippen LogP contribution in [0.2, 0.25) is 0 Å². The zero-order valence-electron chi connectivity index (χ0n) is 18.4. The molecular formula is C25H28N2O5. The van der Waals surface area contributed by atoms with Crippen LogP contribution in [0.15, 0.2) is 42.5 Å². The summed E-state index contributed by atoms with van der Waals surface area (Å²) in [6.07, 6.45) is 3.30. The third-order valence-corrected chi connectivity index (χ3v) is 7.22. The quantitative estimate of drug-likeness (QED) is 0.751. The van der Waals surface area contributed by atoms with Crippen molar-refractivity contribution in [1.29, 1.82) is 0 Å². The fourth-order valence-electron chi connectivity index (χ4n) is 5.59. The lowest BCUT2D eigenvalue weighted by Crippen LogP contribution is -2.66. The molecule has 0 saturated heterocycles. The maximum atomic E-state index is 13.1. The number of hydrogen-bond acceptors (Lipinski definition) is 5. The number of carbonyl (C=O) groups is 2. The van der Waals surface area contributed by atoms with E-state index in [1.807, 2.05) is 36.4 Å². The minimum Gasteiger partial charge on any atom is -0.493 e. The van der Waals surface area contributed by atoms with Crippen molar-refractivity contribution in [3.63, 3.8) is 0 Å². The van der Waals surface area contributed by atoms with Gasteiger partial charge in [0.2, 0.25) is 5.91 Å². The highest BCUT2D eigenvalue weighted by atomic mass is 16.5. The second kappa shape index (κ2) is 8.04. The van der Waals surface area contributed by atoms with Crippen molar-refractivity contribution in [1.82, 2.24) is 10.6 Å². The van der Waals surface area contributed by atoms with Gasteiger partial charge in [0.25, 0.3) is 5.91 Å². The van der Waals surface area contributed by atoms with Crippen molar-refractivity contribution in [2.45, 2.75) is 38.0 Å². The number of fused-ring (bicyclic) bond motifs is 3. The van der Waals surface area contributed by atoms with Crippen LogP contribution in [0, 0.1) is 17.8 Å². The number of nitrogens with one attached hydrogen (secondary N) is 2. The fraction of sp³-hybridized carbons (Fsp3) is 0.440. The highest BCUT2D eigenvalue weighted by molar-refractivity contribution is 5.98. The standard InChI is InChI=1S/C25H28N2O5/c1-30-21-10-7-15(11-22(21)31-2)14-26-23(28)19-12-17-9-8-16(19)13-25(17)27-24(29)18-5-3-4-6-20(18)32-25/h3-7,10-11,16-17,19H,8-9,12-14H2,1-2H3,(H,26,28)(H,27,29). The largest absolute Gasteiger partial charge is 0.493 e. The average Bonchev–Trinajstić information content (AvgIpc) is 2.82. The van der Waals surface area contributed by atoms with Crippen LogP contribution in [0.1, 0.15) is 41.6 Å². The normalized spacial score (nSPS) is 27.8. The SMILES string of the molecule is COc1ccc(CNC(=O)C2CC3CCC2CC32NC(=O)c3ccccc3O2)cc1OC. The lowest BCUT2D eigenvalue weighted by Gasteiger charge is -2.55. The van der Waals surface area contributed by atoms with Crippen molar-refractivity contribution in [2.24, 2.45) is 17.8 Å². The fourth-order valence-corrected chi connectivity index (χ4v) is 5.59. The first-order valence-electron chi connectivity index (χ1n) is 11.1. The highest BCUT2D eigenvalue weighted by Gasteiger charge is 2.57. The molecule has 2 N–H and O–H groups in total. The highest BCUT2D eigenvalue weighted by Crippen LogP contribution is 2.52. The summed E-state index contributed by atoms with van der Waals surface area (Å²) in [5, 5.41) is 6.24. The van der Waals surface area contributed by atoms with E-state index in [4.69, 9.17) is 14.2 Å². The Balaban J connectivity index is 1.26. The third kappa shape index (κ3) is 3.45. The molecule has 2 bridgehead atoms. The summed E-state index contributed by atoms with van der Waals surface area (Å²) in [6.45, 7) is 0.429. The number of methoxy groups -OCH3 is 2. The van der Waals surface area contributed by atoms with E-state index in [1.54, 1.807) is 20.3 Å². The summed E-state index contributed by atoms with van der Waals surface area (Å²) in [7, 11) is 3.19. The molecule has 3 aliphatic carbocycles. The monoisotopic (exact) mass is 436 g/mol. The van der Waals surface area contributed by atoms with Gasteiger partial charge in [-0.1, -0.05) is 18.2 Å². The molecule has 0 aromatic heterocycles. The molecule has 3 fully saturated rings. The Labute approximate surface area is 187 Å². The second-order valence-corrected chi connectivity index (χ2v) is 8.93. The zero-order chi connectivity index (χ0) is 22.3. The Morgan fingerprint density at radius 2 is 1.97 bits per heavy atom. The van der Waals surface area contributed by atoms with Gasteiger partial charge in [0, 0.05) is 24.8 Å². The van der Waals surface area contributed by atoms with E-state index < -0.39 is 5.72 Å². The first-order chi connectivity index (χ1) is 15.5. The number of benzene rings is 2. The molecule has 3 saturated carbocycles. The molecule has 4 atom stereocenters. The molecule has 2 aromatic rings. The van der Waals surface area contributed by atoms with E-state index in [1.165, 1.54) is 0 Å². The molecule has 4 aliphatic rings. The first-order valence-corrected chi connectivity index (χ1v) is 11.1. The summed E-state index contributed by atoms with van der Waals surface area (Å²) in [5.41, 5.74) is 0.825. The summed E-state index contributed by atoms with van der Waals surface area (Å²) in [5.74, 6) is 2.13. The van der Waals surface area contributed by atoms with Crippen LogP contribution in [-0.2, 0) is 11.3 Å². The molecule has 1 spiro atoms. The lowest BCUT2D eigenvalue weighted by atomic mass is 9.60. The molecule has 2 amide bonds. The van der Waals surface area contributed by atoms with Gasteiger partial charge in [0.05, 0.1) is 19.8 Å². The van der Waals surface area contributed by atoms with Crippen LogP contribution in [0.4, 0.5) is 0 Å².